The van der Waals surface area contributed by atoms with Crippen LogP contribution in [0.4, 0.5) is 5.69 Å². The Hall–Kier alpha value is -3.56. The molecule has 4 aromatic carbocycles. The predicted octanol–water partition coefficient (Wildman–Crippen LogP) is 8.02. The molecule has 1 N–H and O–H groups in total. The van der Waals surface area contributed by atoms with Crippen molar-refractivity contribution in [3.05, 3.63) is 128 Å². The molecule has 4 rings (SSSR count). The number of carbonyl (C=O) groups excluding carboxylic acids is 2. The molecule has 0 spiro atoms. The lowest BCUT2D eigenvalue weighted by molar-refractivity contribution is -0.140. The second-order valence-electron chi connectivity index (χ2n) is 11.4. The second-order valence-corrected chi connectivity index (χ2v) is 14.5. The summed E-state index contributed by atoms with van der Waals surface area (Å²) in [5.74, 6) is -0.941. The van der Waals surface area contributed by atoms with Gasteiger partial charge in [0.2, 0.25) is 11.8 Å². The van der Waals surface area contributed by atoms with E-state index >= 15 is 0 Å². The lowest BCUT2D eigenvalue weighted by atomic mass is 10.0. The molecule has 0 saturated carbocycles. The van der Waals surface area contributed by atoms with Gasteiger partial charge in [-0.25, -0.2) is 8.42 Å². The van der Waals surface area contributed by atoms with Gasteiger partial charge in [-0.1, -0.05) is 102 Å². The van der Waals surface area contributed by atoms with Crippen LogP contribution in [0.25, 0.3) is 0 Å². The number of nitrogens with zero attached hydrogens (tertiary/aromatic N) is 2. The van der Waals surface area contributed by atoms with E-state index in [1.54, 1.807) is 55.5 Å². The van der Waals surface area contributed by atoms with Gasteiger partial charge in [0.25, 0.3) is 10.0 Å². The summed E-state index contributed by atoms with van der Waals surface area (Å²) in [6.07, 6.45) is 1.83. The van der Waals surface area contributed by atoms with E-state index in [1.165, 1.54) is 17.0 Å². The lowest BCUT2D eigenvalue weighted by Gasteiger charge is -2.34. The molecule has 47 heavy (non-hydrogen) atoms. The van der Waals surface area contributed by atoms with Crippen LogP contribution in [0.5, 0.6) is 0 Å². The third-order valence-corrected chi connectivity index (χ3v) is 10.4. The Kier molecular flexibility index (Phi) is 12.7. The maximum atomic E-state index is 14.6. The molecule has 0 saturated heterocycles. The first-order valence-corrected chi connectivity index (χ1v) is 17.9. The summed E-state index contributed by atoms with van der Waals surface area (Å²) in [7, 11) is -4.25. The fourth-order valence-corrected chi connectivity index (χ4v) is 7.32. The summed E-state index contributed by atoms with van der Waals surface area (Å²) in [5, 5.41) is 4.14. The van der Waals surface area contributed by atoms with E-state index in [1.807, 2.05) is 44.2 Å². The smallest absolute Gasteiger partial charge is 0.264 e. The number of halogens is 3. The Morgan fingerprint density at radius 3 is 2.15 bits per heavy atom. The lowest BCUT2D eigenvalue weighted by Crippen LogP contribution is -2.53. The minimum Gasteiger partial charge on any atom is -0.354 e. The summed E-state index contributed by atoms with van der Waals surface area (Å²) in [6, 6.07) is 24.5. The van der Waals surface area contributed by atoms with Crippen LogP contribution >= 0.6 is 34.8 Å². The largest absolute Gasteiger partial charge is 0.354 e. The number of amides is 2. The minimum atomic E-state index is -4.25. The zero-order chi connectivity index (χ0) is 34.1. The molecule has 0 aliphatic rings. The number of benzene rings is 4. The Balaban J connectivity index is 1.83. The van der Waals surface area contributed by atoms with Crippen LogP contribution in [-0.4, -0.2) is 44.3 Å². The molecule has 0 fully saturated rings. The molecule has 1 atom stereocenters. The first kappa shape index (κ1) is 36.3. The summed E-state index contributed by atoms with van der Waals surface area (Å²) >= 11 is 19.0. The average molecular weight is 715 g/mol. The molecular weight excluding hydrogens is 677 g/mol. The maximum Gasteiger partial charge on any atom is 0.264 e. The van der Waals surface area contributed by atoms with Gasteiger partial charge in [-0.2, -0.15) is 0 Å². The van der Waals surface area contributed by atoms with Crippen molar-refractivity contribution in [2.24, 2.45) is 0 Å². The van der Waals surface area contributed by atoms with E-state index in [0.29, 0.717) is 38.4 Å². The van der Waals surface area contributed by atoms with Crippen LogP contribution in [0, 0.1) is 13.8 Å². The summed E-state index contributed by atoms with van der Waals surface area (Å²) in [5.41, 5.74) is 3.13. The number of carbonyl (C=O) groups is 2. The van der Waals surface area contributed by atoms with Crippen molar-refractivity contribution < 1.29 is 18.0 Å². The molecule has 4 aromatic rings. The van der Waals surface area contributed by atoms with Crippen molar-refractivity contribution in [1.29, 1.82) is 0 Å². The third-order valence-electron chi connectivity index (χ3n) is 7.77. The quantitative estimate of drug-likeness (QED) is 0.134. The Morgan fingerprint density at radius 1 is 0.851 bits per heavy atom. The monoisotopic (exact) mass is 713 g/mol. The standard InChI is InChI=1S/C36H38Cl3N3O4S/c1-4-5-19-40-36(44)34(21-27-9-7-6-8-10-27)41(23-28-13-14-30(38)22-32(28)39)35(43)24-42(33-18-15-29(37)20-26(33)3)47(45,46)31-16-11-25(2)12-17-31/h6-18,20,22,34H,4-5,19,21,23-24H2,1-3H3,(H,40,44). The molecular formula is C36H38Cl3N3O4S. The number of hydrogen-bond acceptors (Lipinski definition) is 4. The second kappa shape index (κ2) is 16.5. The molecule has 0 bridgehead atoms. The molecule has 0 aromatic heterocycles. The molecule has 2 amide bonds. The van der Waals surface area contributed by atoms with Crippen LogP contribution in [0.3, 0.4) is 0 Å². The molecule has 248 valence electrons. The SMILES string of the molecule is CCCCNC(=O)C(Cc1ccccc1)N(Cc1ccc(Cl)cc1Cl)C(=O)CN(c1ccc(Cl)cc1C)S(=O)(=O)c1ccc(C)cc1. The van der Waals surface area contributed by atoms with Crippen LogP contribution in [0.2, 0.25) is 15.1 Å². The van der Waals surface area contributed by atoms with Gasteiger partial charge in [0.1, 0.15) is 12.6 Å². The summed E-state index contributed by atoms with van der Waals surface area (Å²) in [4.78, 5) is 30.0. The highest BCUT2D eigenvalue weighted by Crippen LogP contribution is 2.30. The van der Waals surface area contributed by atoms with E-state index in [9.17, 15) is 18.0 Å². The normalized spacial score (nSPS) is 12.0. The van der Waals surface area contributed by atoms with E-state index < -0.39 is 28.5 Å². The van der Waals surface area contributed by atoms with Crippen molar-refractivity contribution in [2.45, 2.75) is 57.5 Å². The zero-order valence-electron chi connectivity index (χ0n) is 26.5. The van der Waals surface area contributed by atoms with Gasteiger partial charge in [0.15, 0.2) is 0 Å². The van der Waals surface area contributed by atoms with Gasteiger partial charge >= 0.3 is 0 Å². The van der Waals surface area contributed by atoms with E-state index in [4.69, 9.17) is 34.8 Å². The minimum absolute atomic E-state index is 0.0238. The van der Waals surface area contributed by atoms with Crippen molar-refractivity contribution in [3.8, 4) is 0 Å². The fourth-order valence-electron chi connectivity index (χ4n) is 5.14. The van der Waals surface area contributed by atoms with Crippen molar-refractivity contribution >= 4 is 62.3 Å². The van der Waals surface area contributed by atoms with Crippen LogP contribution in [0.15, 0.2) is 95.9 Å². The number of hydrogen-bond donors (Lipinski definition) is 1. The highest BCUT2D eigenvalue weighted by atomic mass is 35.5. The number of anilines is 1. The van der Waals surface area contributed by atoms with Gasteiger partial charge in [-0.15, -0.1) is 0 Å². The number of nitrogens with one attached hydrogen (secondary N) is 1. The molecule has 0 aliphatic heterocycles. The Bertz CT molecular complexity index is 1800. The molecule has 7 nitrogen and oxygen atoms in total. The average Bonchev–Trinajstić information content (AvgIpc) is 3.03. The van der Waals surface area contributed by atoms with Crippen molar-refractivity contribution in [1.82, 2.24) is 10.2 Å². The van der Waals surface area contributed by atoms with Crippen LogP contribution < -0.4 is 9.62 Å². The summed E-state index contributed by atoms with van der Waals surface area (Å²) < 4.78 is 29.6. The topological polar surface area (TPSA) is 86.8 Å². The molecule has 0 heterocycles. The van der Waals surface area contributed by atoms with Gasteiger partial charge in [-0.3, -0.25) is 13.9 Å². The van der Waals surface area contributed by atoms with Gasteiger partial charge in [-0.05, 0) is 79.4 Å². The van der Waals surface area contributed by atoms with E-state index in [0.717, 1.165) is 28.3 Å². The maximum absolute atomic E-state index is 14.6. The molecule has 0 radical (unpaired) electrons. The number of sulfonamides is 1. The number of unbranched alkanes of at least 4 members (excludes halogenated alkanes) is 1. The Morgan fingerprint density at radius 2 is 1.51 bits per heavy atom. The van der Waals surface area contributed by atoms with E-state index in [2.05, 4.69) is 5.32 Å². The van der Waals surface area contributed by atoms with Crippen molar-refractivity contribution in [2.75, 3.05) is 17.4 Å². The third kappa shape index (κ3) is 9.51. The van der Waals surface area contributed by atoms with Crippen LogP contribution in [0.1, 0.15) is 42.0 Å². The summed E-state index contributed by atoms with van der Waals surface area (Å²) in [6.45, 7) is 5.40. The first-order chi connectivity index (χ1) is 22.4. The Labute approximate surface area is 292 Å². The molecule has 0 aliphatic carbocycles. The van der Waals surface area contributed by atoms with Gasteiger partial charge in [0, 0.05) is 34.6 Å². The van der Waals surface area contributed by atoms with Crippen molar-refractivity contribution in [3.63, 3.8) is 0 Å². The fraction of sp³-hybridized carbons (Fsp3) is 0.278. The van der Waals surface area contributed by atoms with E-state index in [-0.39, 0.29) is 23.8 Å². The van der Waals surface area contributed by atoms with Gasteiger partial charge in [0.05, 0.1) is 10.6 Å². The highest BCUT2D eigenvalue weighted by Gasteiger charge is 2.35. The van der Waals surface area contributed by atoms with Crippen LogP contribution in [-0.2, 0) is 32.6 Å². The predicted molar refractivity (Wildman–Crippen MR) is 191 cm³/mol. The number of rotatable bonds is 14. The highest BCUT2D eigenvalue weighted by molar-refractivity contribution is 7.92. The molecule has 11 heteroatoms. The van der Waals surface area contributed by atoms with Gasteiger partial charge < -0.3 is 10.2 Å². The zero-order valence-corrected chi connectivity index (χ0v) is 29.6. The molecule has 1 unspecified atom stereocenters. The first-order valence-electron chi connectivity index (χ1n) is 15.3. The number of aryl methyl sites for hydroxylation is 2.